The molecule has 0 aliphatic heterocycles. The Morgan fingerprint density at radius 3 is 2.52 bits per heavy atom. The number of carbonyl (C=O) groups excluding carboxylic acids is 2. The highest BCUT2D eigenvalue weighted by molar-refractivity contribution is 7.10. The van der Waals surface area contributed by atoms with Crippen molar-refractivity contribution in [2.75, 3.05) is 0 Å². The first-order chi connectivity index (χ1) is 11.1. The standard InChI is InChI=1S/C19H17NO2S/c1-13(21)20-17(19-7-4-10-23-19)12-18(22)16-9-8-14-5-2-3-6-15(14)11-16/h2-11,17H,12H2,1H3,(H,20,21). The molecule has 1 heterocycles. The first kappa shape index (κ1) is 15.4. The minimum absolute atomic E-state index is 0.0305. The highest BCUT2D eigenvalue weighted by Gasteiger charge is 2.19. The van der Waals surface area contributed by atoms with E-state index in [0.29, 0.717) is 5.56 Å². The molecule has 1 N–H and O–H groups in total. The minimum atomic E-state index is -0.272. The van der Waals surface area contributed by atoms with E-state index in [1.165, 1.54) is 6.92 Å². The normalized spacial score (nSPS) is 12.0. The fraction of sp³-hybridized carbons (Fsp3) is 0.158. The summed E-state index contributed by atoms with van der Waals surface area (Å²) in [5.74, 6) is -0.0994. The van der Waals surface area contributed by atoms with E-state index in [2.05, 4.69) is 5.32 Å². The maximum Gasteiger partial charge on any atom is 0.217 e. The molecule has 1 atom stereocenters. The Labute approximate surface area is 139 Å². The van der Waals surface area contributed by atoms with Gasteiger partial charge in [0.25, 0.3) is 0 Å². The topological polar surface area (TPSA) is 46.2 Å². The van der Waals surface area contributed by atoms with Crippen molar-refractivity contribution >= 4 is 33.8 Å². The molecule has 0 bridgehead atoms. The molecule has 3 nitrogen and oxygen atoms in total. The lowest BCUT2D eigenvalue weighted by Crippen LogP contribution is -2.27. The number of nitrogens with one attached hydrogen (secondary N) is 1. The summed E-state index contributed by atoms with van der Waals surface area (Å²) in [6.07, 6.45) is 0.262. The predicted octanol–water partition coefficient (Wildman–Crippen LogP) is 4.35. The van der Waals surface area contributed by atoms with Crippen LogP contribution in [0, 0.1) is 0 Å². The van der Waals surface area contributed by atoms with E-state index < -0.39 is 0 Å². The van der Waals surface area contributed by atoms with Crippen LogP contribution in [0.2, 0.25) is 0 Å². The molecule has 116 valence electrons. The average molecular weight is 323 g/mol. The van der Waals surface area contributed by atoms with E-state index in [4.69, 9.17) is 0 Å². The molecule has 2 aromatic carbocycles. The number of hydrogen-bond acceptors (Lipinski definition) is 3. The number of hydrogen-bond donors (Lipinski definition) is 1. The molecule has 1 amide bonds. The summed E-state index contributed by atoms with van der Waals surface area (Å²) in [5.41, 5.74) is 0.676. The summed E-state index contributed by atoms with van der Waals surface area (Å²) in [5, 5.41) is 6.98. The van der Waals surface area contributed by atoms with Crippen molar-refractivity contribution in [1.82, 2.24) is 5.32 Å². The lowest BCUT2D eigenvalue weighted by atomic mass is 9.99. The zero-order chi connectivity index (χ0) is 16.2. The van der Waals surface area contributed by atoms with Gasteiger partial charge in [-0.15, -0.1) is 11.3 Å². The number of carbonyl (C=O) groups is 2. The Kier molecular flexibility index (Phi) is 4.53. The van der Waals surface area contributed by atoms with Crippen molar-refractivity contribution in [1.29, 1.82) is 0 Å². The fourth-order valence-corrected chi connectivity index (χ4v) is 3.40. The number of Topliss-reactive ketones (excluding diaryl/α,β-unsaturated/α-hetero) is 1. The number of thiophene rings is 1. The third kappa shape index (κ3) is 3.66. The van der Waals surface area contributed by atoms with Gasteiger partial charge in [-0.1, -0.05) is 42.5 Å². The molecule has 1 aromatic heterocycles. The van der Waals surface area contributed by atoms with Crippen LogP contribution in [-0.4, -0.2) is 11.7 Å². The maximum absolute atomic E-state index is 12.6. The van der Waals surface area contributed by atoms with Crippen molar-refractivity contribution in [3.8, 4) is 0 Å². The third-order valence-corrected chi connectivity index (χ3v) is 4.71. The molecule has 0 radical (unpaired) electrons. The van der Waals surface area contributed by atoms with Gasteiger partial charge in [0.15, 0.2) is 5.78 Å². The van der Waals surface area contributed by atoms with Gasteiger partial charge in [-0.2, -0.15) is 0 Å². The number of ketones is 1. The van der Waals surface area contributed by atoms with Gasteiger partial charge in [-0.05, 0) is 28.3 Å². The molecule has 0 fully saturated rings. The highest BCUT2D eigenvalue weighted by atomic mass is 32.1. The van der Waals surface area contributed by atoms with Gasteiger partial charge in [0.1, 0.15) is 0 Å². The van der Waals surface area contributed by atoms with Gasteiger partial charge in [0.05, 0.1) is 6.04 Å². The summed E-state index contributed by atoms with van der Waals surface area (Å²) < 4.78 is 0. The monoisotopic (exact) mass is 323 g/mol. The van der Waals surface area contributed by atoms with E-state index in [0.717, 1.165) is 15.6 Å². The van der Waals surface area contributed by atoms with Crippen LogP contribution in [0.5, 0.6) is 0 Å². The van der Waals surface area contributed by atoms with E-state index in [-0.39, 0.29) is 24.2 Å². The molecular formula is C19H17NO2S. The summed E-state index contributed by atoms with van der Waals surface area (Å²) >= 11 is 1.55. The Morgan fingerprint density at radius 2 is 1.83 bits per heavy atom. The Morgan fingerprint density at radius 1 is 1.04 bits per heavy atom. The molecular weight excluding hydrogens is 306 g/mol. The summed E-state index contributed by atoms with van der Waals surface area (Å²) in [7, 11) is 0. The first-order valence-electron chi connectivity index (χ1n) is 7.46. The lowest BCUT2D eigenvalue weighted by molar-refractivity contribution is -0.119. The van der Waals surface area contributed by atoms with Gasteiger partial charge in [-0.25, -0.2) is 0 Å². The smallest absolute Gasteiger partial charge is 0.217 e. The second-order valence-electron chi connectivity index (χ2n) is 5.46. The van der Waals surface area contributed by atoms with Crippen LogP contribution in [0.4, 0.5) is 0 Å². The molecule has 0 spiro atoms. The maximum atomic E-state index is 12.6. The number of benzene rings is 2. The predicted molar refractivity (Wildman–Crippen MR) is 93.8 cm³/mol. The molecule has 0 saturated carbocycles. The lowest BCUT2D eigenvalue weighted by Gasteiger charge is -2.16. The van der Waals surface area contributed by atoms with Gasteiger partial charge >= 0.3 is 0 Å². The first-order valence-corrected chi connectivity index (χ1v) is 8.34. The summed E-state index contributed by atoms with van der Waals surface area (Å²) in [4.78, 5) is 25.0. The van der Waals surface area contributed by atoms with E-state index in [1.807, 2.05) is 60.0 Å². The van der Waals surface area contributed by atoms with Crippen LogP contribution < -0.4 is 5.32 Å². The highest BCUT2D eigenvalue weighted by Crippen LogP contribution is 2.25. The van der Waals surface area contributed by atoms with Crippen molar-refractivity contribution in [2.24, 2.45) is 0 Å². The fourth-order valence-electron chi connectivity index (χ4n) is 2.62. The van der Waals surface area contributed by atoms with Crippen LogP contribution in [-0.2, 0) is 4.79 Å². The second kappa shape index (κ2) is 6.75. The van der Waals surface area contributed by atoms with Gasteiger partial charge in [0, 0.05) is 23.8 Å². The van der Waals surface area contributed by atoms with Gasteiger partial charge in [-0.3, -0.25) is 9.59 Å². The van der Waals surface area contributed by atoms with Crippen LogP contribution >= 0.6 is 11.3 Å². The molecule has 23 heavy (non-hydrogen) atoms. The largest absolute Gasteiger partial charge is 0.348 e. The Balaban J connectivity index is 1.83. The van der Waals surface area contributed by atoms with Gasteiger partial charge in [0.2, 0.25) is 5.91 Å². The van der Waals surface area contributed by atoms with Crippen molar-refractivity contribution in [3.63, 3.8) is 0 Å². The Hall–Kier alpha value is -2.46. The zero-order valence-corrected chi connectivity index (χ0v) is 13.6. The SMILES string of the molecule is CC(=O)NC(CC(=O)c1ccc2ccccc2c1)c1cccs1. The molecule has 1 unspecified atom stereocenters. The molecule has 3 rings (SSSR count). The number of amides is 1. The summed E-state index contributed by atoms with van der Waals surface area (Å²) in [6.45, 7) is 1.47. The van der Waals surface area contributed by atoms with Gasteiger partial charge < -0.3 is 5.32 Å². The van der Waals surface area contributed by atoms with Crippen LogP contribution in [0.15, 0.2) is 60.0 Å². The third-order valence-electron chi connectivity index (χ3n) is 3.73. The van der Waals surface area contributed by atoms with Crippen molar-refractivity contribution < 1.29 is 9.59 Å². The molecule has 0 aliphatic rings. The average Bonchev–Trinajstić information content (AvgIpc) is 3.07. The molecule has 0 aliphatic carbocycles. The second-order valence-corrected chi connectivity index (χ2v) is 6.44. The molecule has 0 saturated heterocycles. The van der Waals surface area contributed by atoms with E-state index >= 15 is 0 Å². The van der Waals surface area contributed by atoms with E-state index in [1.54, 1.807) is 11.3 Å². The van der Waals surface area contributed by atoms with E-state index in [9.17, 15) is 9.59 Å². The van der Waals surface area contributed by atoms with Crippen molar-refractivity contribution in [2.45, 2.75) is 19.4 Å². The van der Waals surface area contributed by atoms with Crippen LogP contribution in [0.3, 0.4) is 0 Å². The van der Waals surface area contributed by atoms with Crippen LogP contribution in [0.1, 0.15) is 34.6 Å². The zero-order valence-electron chi connectivity index (χ0n) is 12.8. The van der Waals surface area contributed by atoms with Crippen LogP contribution in [0.25, 0.3) is 10.8 Å². The van der Waals surface area contributed by atoms with Crippen molar-refractivity contribution in [3.05, 3.63) is 70.4 Å². The number of fused-ring (bicyclic) bond motifs is 1. The Bertz CT molecular complexity index is 839. The molecule has 4 heteroatoms. The molecule has 3 aromatic rings. The number of rotatable bonds is 5. The minimum Gasteiger partial charge on any atom is -0.348 e. The summed E-state index contributed by atoms with van der Waals surface area (Å²) in [6, 6.07) is 17.3. The quantitative estimate of drug-likeness (QED) is 0.709.